The van der Waals surface area contributed by atoms with Gasteiger partial charge in [-0.05, 0) is 12.1 Å². The van der Waals surface area contributed by atoms with E-state index >= 15 is 0 Å². The molecule has 0 aliphatic carbocycles. The van der Waals surface area contributed by atoms with E-state index in [4.69, 9.17) is 10.8 Å². The van der Waals surface area contributed by atoms with Crippen LogP contribution in [0.4, 0.5) is 5.69 Å². The smallest absolute Gasteiger partial charge is 0.134 e. The Balaban J connectivity index is 2.77. The lowest BCUT2D eigenvalue weighted by Crippen LogP contribution is -1.92. The standard InChI is InChI=1S/C9H9NO2S/c10-7-2-9-6(1-5(7)3-11)8(12)4-13-9/h1-2,4,11-12H,3,10H2. The number of nitrogen functional groups attached to an aromatic ring is 1. The first-order valence-electron chi connectivity index (χ1n) is 3.82. The van der Waals surface area contributed by atoms with Gasteiger partial charge in [-0.2, -0.15) is 0 Å². The van der Waals surface area contributed by atoms with E-state index in [9.17, 15) is 5.11 Å². The predicted molar refractivity (Wildman–Crippen MR) is 53.8 cm³/mol. The van der Waals surface area contributed by atoms with E-state index in [1.807, 2.05) is 0 Å². The Morgan fingerprint density at radius 3 is 2.85 bits per heavy atom. The van der Waals surface area contributed by atoms with Crippen LogP contribution in [0.15, 0.2) is 17.5 Å². The number of fused-ring (bicyclic) bond motifs is 1. The number of aliphatic hydroxyl groups excluding tert-OH is 1. The molecule has 0 saturated carbocycles. The van der Waals surface area contributed by atoms with Gasteiger partial charge in [0.25, 0.3) is 0 Å². The third kappa shape index (κ3) is 1.24. The Labute approximate surface area is 79.0 Å². The monoisotopic (exact) mass is 195 g/mol. The molecule has 68 valence electrons. The summed E-state index contributed by atoms with van der Waals surface area (Å²) in [5, 5.41) is 20.8. The summed E-state index contributed by atoms with van der Waals surface area (Å²) in [6.07, 6.45) is 0. The number of aromatic hydroxyl groups is 1. The molecule has 0 amide bonds. The summed E-state index contributed by atoms with van der Waals surface area (Å²) in [6.45, 7) is -0.100. The second kappa shape index (κ2) is 2.90. The molecule has 0 radical (unpaired) electrons. The van der Waals surface area contributed by atoms with Crippen LogP contribution in [0.2, 0.25) is 0 Å². The quantitative estimate of drug-likeness (QED) is 0.606. The maximum Gasteiger partial charge on any atom is 0.134 e. The SMILES string of the molecule is Nc1cc2scc(O)c2cc1CO. The lowest BCUT2D eigenvalue weighted by Gasteiger charge is -2.01. The Morgan fingerprint density at radius 2 is 2.15 bits per heavy atom. The second-order valence-electron chi connectivity index (χ2n) is 2.83. The van der Waals surface area contributed by atoms with Crippen molar-refractivity contribution in [2.45, 2.75) is 6.61 Å². The van der Waals surface area contributed by atoms with Gasteiger partial charge in [-0.3, -0.25) is 0 Å². The topological polar surface area (TPSA) is 66.5 Å². The molecule has 13 heavy (non-hydrogen) atoms. The van der Waals surface area contributed by atoms with Gasteiger partial charge in [-0.15, -0.1) is 11.3 Å². The molecular formula is C9H9NO2S. The van der Waals surface area contributed by atoms with E-state index < -0.39 is 0 Å². The van der Waals surface area contributed by atoms with Crippen LogP contribution in [0, 0.1) is 0 Å². The van der Waals surface area contributed by atoms with Crippen LogP contribution in [0.1, 0.15) is 5.56 Å². The Bertz CT molecular complexity index is 450. The molecule has 1 aromatic heterocycles. The number of rotatable bonds is 1. The summed E-state index contributed by atoms with van der Waals surface area (Å²) < 4.78 is 0.937. The lowest BCUT2D eigenvalue weighted by molar-refractivity contribution is 0.282. The van der Waals surface area contributed by atoms with Crippen molar-refractivity contribution in [2.75, 3.05) is 5.73 Å². The fourth-order valence-corrected chi connectivity index (χ4v) is 2.11. The van der Waals surface area contributed by atoms with E-state index in [0.717, 1.165) is 10.1 Å². The van der Waals surface area contributed by atoms with Crippen LogP contribution < -0.4 is 5.73 Å². The first-order valence-corrected chi connectivity index (χ1v) is 4.69. The van der Waals surface area contributed by atoms with Crippen LogP contribution in [-0.4, -0.2) is 10.2 Å². The first kappa shape index (κ1) is 8.34. The van der Waals surface area contributed by atoms with Crippen molar-refractivity contribution < 1.29 is 10.2 Å². The highest BCUT2D eigenvalue weighted by atomic mass is 32.1. The Morgan fingerprint density at radius 1 is 1.38 bits per heavy atom. The molecular weight excluding hydrogens is 186 g/mol. The summed E-state index contributed by atoms with van der Waals surface area (Å²) in [5.41, 5.74) is 6.89. The third-order valence-electron chi connectivity index (χ3n) is 1.99. The fraction of sp³-hybridized carbons (Fsp3) is 0.111. The zero-order valence-corrected chi connectivity index (χ0v) is 7.64. The van der Waals surface area contributed by atoms with E-state index in [0.29, 0.717) is 11.3 Å². The largest absolute Gasteiger partial charge is 0.506 e. The zero-order chi connectivity index (χ0) is 9.42. The molecule has 1 heterocycles. The van der Waals surface area contributed by atoms with Crippen molar-refractivity contribution in [1.82, 2.24) is 0 Å². The fourth-order valence-electron chi connectivity index (χ4n) is 1.26. The molecule has 0 fully saturated rings. The molecule has 0 saturated heterocycles. The number of nitrogens with two attached hydrogens (primary N) is 1. The molecule has 0 atom stereocenters. The van der Waals surface area contributed by atoms with Crippen molar-refractivity contribution >= 4 is 27.1 Å². The summed E-state index contributed by atoms with van der Waals surface area (Å²) in [4.78, 5) is 0. The maximum atomic E-state index is 9.41. The number of thiophene rings is 1. The summed E-state index contributed by atoms with van der Waals surface area (Å²) in [5.74, 6) is 0.245. The van der Waals surface area contributed by atoms with Gasteiger partial charge in [-0.1, -0.05) is 0 Å². The molecule has 0 spiro atoms. The molecule has 0 aliphatic rings. The first-order chi connectivity index (χ1) is 6.22. The van der Waals surface area contributed by atoms with Gasteiger partial charge in [0, 0.05) is 26.7 Å². The van der Waals surface area contributed by atoms with Crippen LogP contribution in [0.3, 0.4) is 0 Å². The number of hydrogen-bond acceptors (Lipinski definition) is 4. The summed E-state index contributed by atoms with van der Waals surface area (Å²) in [6, 6.07) is 3.49. The van der Waals surface area contributed by atoms with E-state index in [-0.39, 0.29) is 12.4 Å². The van der Waals surface area contributed by atoms with Gasteiger partial charge in [-0.25, -0.2) is 0 Å². The zero-order valence-electron chi connectivity index (χ0n) is 6.82. The second-order valence-corrected chi connectivity index (χ2v) is 3.74. The molecule has 1 aromatic carbocycles. The van der Waals surface area contributed by atoms with Crippen LogP contribution in [0.5, 0.6) is 5.75 Å². The average Bonchev–Trinajstić information content (AvgIpc) is 2.46. The normalized spacial score (nSPS) is 10.8. The van der Waals surface area contributed by atoms with Crippen molar-refractivity contribution in [3.05, 3.63) is 23.1 Å². The highest BCUT2D eigenvalue weighted by Crippen LogP contribution is 2.34. The molecule has 2 rings (SSSR count). The minimum Gasteiger partial charge on any atom is -0.506 e. The lowest BCUT2D eigenvalue weighted by atomic mass is 10.1. The number of hydrogen-bond donors (Lipinski definition) is 3. The molecule has 4 N–H and O–H groups in total. The summed E-state index contributed by atoms with van der Waals surface area (Å²) in [7, 11) is 0. The molecule has 4 heteroatoms. The van der Waals surface area contributed by atoms with Crippen molar-refractivity contribution in [2.24, 2.45) is 0 Å². The van der Waals surface area contributed by atoms with Crippen molar-refractivity contribution in [3.8, 4) is 5.75 Å². The van der Waals surface area contributed by atoms with Gasteiger partial charge >= 0.3 is 0 Å². The van der Waals surface area contributed by atoms with Crippen LogP contribution in [-0.2, 0) is 6.61 Å². The highest BCUT2D eigenvalue weighted by Gasteiger charge is 2.06. The minimum absolute atomic E-state index is 0.100. The molecule has 0 bridgehead atoms. The molecule has 3 nitrogen and oxygen atoms in total. The Hall–Kier alpha value is -1.26. The average molecular weight is 195 g/mol. The predicted octanol–water partition coefficient (Wildman–Crippen LogP) is 1.68. The third-order valence-corrected chi connectivity index (χ3v) is 2.92. The van der Waals surface area contributed by atoms with Crippen molar-refractivity contribution in [1.29, 1.82) is 0 Å². The number of benzene rings is 1. The van der Waals surface area contributed by atoms with Gasteiger partial charge < -0.3 is 15.9 Å². The number of aliphatic hydroxyl groups is 1. The van der Waals surface area contributed by atoms with E-state index in [1.54, 1.807) is 17.5 Å². The molecule has 0 unspecified atom stereocenters. The van der Waals surface area contributed by atoms with E-state index in [2.05, 4.69) is 0 Å². The van der Waals surface area contributed by atoms with E-state index in [1.165, 1.54) is 11.3 Å². The maximum absolute atomic E-state index is 9.41. The van der Waals surface area contributed by atoms with Gasteiger partial charge in [0.2, 0.25) is 0 Å². The molecule has 2 aromatic rings. The van der Waals surface area contributed by atoms with Crippen LogP contribution in [0.25, 0.3) is 10.1 Å². The van der Waals surface area contributed by atoms with Gasteiger partial charge in [0.1, 0.15) is 5.75 Å². The van der Waals surface area contributed by atoms with Crippen molar-refractivity contribution in [3.63, 3.8) is 0 Å². The Kier molecular flexibility index (Phi) is 1.86. The molecule has 0 aliphatic heterocycles. The van der Waals surface area contributed by atoms with Gasteiger partial charge in [0.05, 0.1) is 6.61 Å². The van der Waals surface area contributed by atoms with Gasteiger partial charge in [0.15, 0.2) is 0 Å². The summed E-state index contributed by atoms with van der Waals surface area (Å²) >= 11 is 1.44. The highest BCUT2D eigenvalue weighted by molar-refractivity contribution is 7.17. The number of anilines is 1. The van der Waals surface area contributed by atoms with Crippen LogP contribution >= 0.6 is 11.3 Å². The minimum atomic E-state index is -0.100.